The molecule has 5 heteroatoms. The summed E-state index contributed by atoms with van der Waals surface area (Å²) in [6.45, 7) is 0.665. The Balaban J connectivity index is 1.94. The fraction of sp³-hybridized carbons (Fsp3) is 0.278. The van der Waals surface area contributed by atoms with Crippen molar-refractivity contribution >= 4 is 11.6 Å². The van der Waals surface area contributed by atoms with Gasteiger partial charge in [0.05, 0.1) is 26.5 Å². The van der Waals surface area contributed by atoms with Crippen molar-refractivity contribution in [2.75, 3.05) is 26.1 Å². The third-order valence-electron chi connectivity index (χ3n) is 3.84. The summed E-state index contributed by atoms with van der Waals surface area (Å²) in [5, 5.41) is 2.91. The van der Waals surface area contributed by atoms with E-state index in [-0.39, 0.29) is 5.91 Å². The van der Waals surface area contributed by atoms with E-state index < -0.39 is 0 Å². The summed E-state index contributed by atoms with van der Waals surface area (Å²) < 4.78 is 16.3. The molecule has 5 nitrogen and oxygen atoms in total. The molecule has 1 aliphatic heterocycles. The molecule has 0 aliphatic carbocycles. The van der Waals surface area contributed by atoms with Gasteiger partial charge in [0.2, 0.25) is 0 Å². The van der Waals surface area contributed by atoms with Crippen LogP contribution in [-0.4, -0.2) is 26.7 Å². The third-order valence-corrected chi connectivity index (χ3v) is 3.84. The molecule has 1 aliphatic rings. The highest BCUT2D eigenvalue weighted by Gasteiger charge is 2.21. The van der Waals surface area contributed by atoms with Gasteiger partial charge in [0.15, 0.2) is 0 Å². The Hall–Kier alpha value is -2.69. The zero-order chi connectivity index (χ0) is 16.2. The van der Waals surface area contributed by atoms with Crippen molar-refractivity contribution in [1.82, 2.24) is 0 Å². The van der Waals surface area contributed by atoms with Crippen molar-refractivity contribution in [1.29, 1.82) is 0 Å². The molecule has 2 aromatic rings. The van der Waals surface area contributed by atoms with E-state index in [4.69, 9.17) is 14.2 Å². The molecule has 0 aromatic heterocycles. The van der Waals surface area contributed by atoms with Crippen molar-refractivity contribution in [2.45, 2.75) is 12.8 Å². The molecule has 1 N–H and O–H groups in total. The summed E-state index contributed by atoms with van der Waals surface area (Å²) in [7, 11) is 3.05. The van der Waals surface area contributed by atoms with Crippen molar-refractivity contribution in [3.63, 3.8) is 0 Å². The van der Waals surface area contributed by atoms with Gasteiger partial charge in [0.25, 0.3) is 5.91 Å². The minimum Gasteiger partial charge on any atom is -0.496 e. The number of carbonyl (C=O) groups is 1. The number of aryl methyl sites for hydroxylation is 1. The predicted octanol–water partition coefficient (Wildman–Crippen LogP) is 3.28. The molecule has 0 radical (unpaired) electrons. The summed E-state index contributed by atoms with van der Waals surface area (Å²) in [5.41, 5.74) is 2.15. The van der Waals surface area contributed by atoms with E-state index in [0.717, 1.165) is 24.2 Å². The molecule has 1 heterocycles. The molecular weight excluding hydrogens is 294 g/mol. The lowest BCUT2D eigenvalue weighted by atomic mass is 10.0. The molecule has 0 atom stereocenters. The van der Waals surface area contributed by atoms with Crippen LogP contribution in [0, 0.1) is 0 Å². The zero-order valence-corrected chi connectivity index (χ0v) is 13.2. The van der Waals surface area contributed by atoms with Crippen LogP contribution in [0.15, 0.2) is 36.4 Å². The number of para-hydroxylation sites is 1. The standard InChI is InChI=1S/C18H19NO4/c1-21-14-9-4-10-15(22-2)16(14)18(20)19-13-8-3-6-12-7-5-11-23-17(12)13/h3-4,6,8-10H,5,7,11H2,1-2H3,(H,19,20). The first kappa shape index (κ1) is 15.2. The molecule has 0 spiro atoms. The molecule has 0 saturated heterocycles. The highest BCUT2D eigenvalue weighted by molar-refractivity contribution is 6.09. The van der Waals surface area contributed by atoms with E-state index in [0.29, 0.717) is 29.4 Å². The van der Waals surface area contributed by atoms with Crippen LogP contribution >= 0.6 is 0 Å². The zero-order valence-electron chi connectivity index (χ0n) is 13.2. The molecule has 2 aromatic carbocycles. The highest BCUT2D eigenvalue weighted by Crippen LogP contribution is 2.35. The Bertz CT molecular complexity index is 705. The van der Waals surface area contributed by atoms with Crippen molar-refractivity contribution < 1.29 is 19.0 Å². The van der Waals surface area contributed by atoms with Crippen LogP contribution in [0.2, 0.25) is 0 Å². The second-order valence-electron chi connectivity index (χ2n) is 5.24. The molecule has 0 bridgehead atoms. The first-order chi connectivity index (χ1) is 11.2. The van der Waals surface area contributed by atoms with Crippen LogP contribution in [0.25, 0.3) is 0 Å². The first-order valence-corrected chi connectivity index (χ1v) is 7.51. The van der Waals surface area contributed by atoms with E-state index in [2.05, 4.69) is 5.32 Å². The summed E-state index contributed by atoms with van der Waals surface area (Å²) in [4.78, 5) is 12.7. The fourth-order valence-electron chi connectivity index (χ4n) is 2.75. The van der Waals surface area contributed by atoms with E-state index in [9.17, 15) is 4.79 Å². The van der Waals surface area contributed by atoms with Crippen molar-refractivity contribution in [3.8, 4) is 17.2 Å². The van der Waals surface area contributed by atoms with Crippen molar-refractivity contribution in [2.24, 2.45) is 0 Å². The third kappa shape index (κ3) is 2.95. The topological polar surface area (TPSA) is 56.8 Å². The highest BCUT2D eigenvalue weighted by atomic mass is 16.5. The summed E-state index contributed by atoms with van der Waals surface area (Å²) in [5.74, 6) is 1.39. The minimum atomic E-state index is -0.290. The van der Waals surface area contributed by atoms with Crippen LogP contribution < -0.4 is 19.5 Å². The van der Waals surface area contributed by atoms with E-state index in [1.165, 1.54) is 14.2 Å². The quantitative estimate of drug-likeness (QED) is 0.941. The average Bonchev–Trinajstić information content (AvgIpc) is 2.61. The predicted molar refractivity (Wildman–Crippen MR) is 87.8 cm³/mol. The second kappa shape index (κ2) is 6.60. The largest absolute Gasteiger partial charge is 0.496 e. The minimum absolute atomic E-state index is 0.290. The van der Waals surface area contributed by atoms with Gasteiger partial charge in [-0.05, 0) is 36.6 Å². The van der Waals surface area contributed by atoms with Gasteiger partial charge in [-0.2, -0.15) is 0 Å². The molecule has 0 unspecified atom stereocenters. The van der Waals surface area contributed by atoms with Gasteiger partial charge in [-0.3, -0.25) is 4.79 Å². The van der Waals surface area contributed by atoms with Crippen LogP contribution in [0.5, 0.6) is 17.2 Å². The molecule has 120 valence electrons. The molecule has 23 heavy (non-hydrogen) atoms. The van der Waals surface area contributed by atoms with Crippen LogP contribution in [-0.2, 0) is 6.42 Å². The molecule has 3 rings (SSSR count). The van der Waals surface area contributed by atoms with Gasteiger partial charge >= 0.3 is 0 Å². The number of benzene rings is 2. The maximum Gasteiger partial charge on any atom is 0.263 e. The summed E-state index contributed by atoms with van der Waals surface area (Å²) in [6, 6.07) is 11.0. The van der Waals surface area contributed by atoms with E-state index >= 15 is 0 Å². The van der Waals surface area contributed by atoms with Crippen LogP contribution in [0.1, 0.15) is 22.3 Å². The SMILES string of the molecule is COc1cccc(OC)c1C(=O)Nc1cccc2c1OCCC2. The number of rotatable bonds is 4. The van der Waals surface area contributed by atoms with Crippen LogP contribution in [0.4, 0.5) is 5.69 Å². The lowest BCUT2D eigenvalue weighted by molar-refractivity contribution is 0.102. The maximum atomic E-state index is 12.7. The van der Waals surface area contributed by atoms with E-state index in [1.54, 1.807) is 18.2 Å². The van der Waals surface area contributed by atoms with Gasteiger partial charge in [0.1, 0.15) is 22.8 Å². The number of hydrogen-bond acceptors (Lipinski definition) is 4. The summed E-state index contributed by atoms with van der Waals surface area (Å²) in [6.07, 6.45) is 1.95. The Kier molecular flexibility index (Phi) is 4.37. The number of methoxy groups -OCH3 is 2. The van der Waals surface area contributed by atoms with Gasteiger partial charge in [-0.1, -0.05) is 18.2 Å². The fourth-order valence-corrected chi connectivity index (χ4v) is 2.75. The summed E-state index contributed by atoms with van der Waals surface area (Å²) >= 11 is 0. The van der Waals surface area contributed by atoms with Gasteiger partial charge in [0, 0.05) is 0 Å². The molecule has 0 fully saturated rings. The maximum absolute atomic E-state index is 12.7. The number of nitrogens with one attached hydrogen (secondary N) is 1. The molecule has 0 saturated carbocycles. The lowest BCUT2D eigenvalue weighted by Crippen LogP contribution is -2.17. The second-order valence-corrected chi connectivity index (χ2v) is 5.24. The smallest absolute Gasteiger partial charge is 0.263 e. The number of amides is 1. The Morgan fingerprint density at radius 3 is 2.48 bits per heavy atom. The van der Waals surface area contributed by atoms with Gasteiger partial charge in [-0.25, -0.2) is 0 Å². The Morgan fingerprint density at radius 1 is 1.09 bits per heavy atom. The number of hydrogen-bond donors (Lipinski definition) is 1. The molecular formula is C18H19NO4. The monoisotopic (exact) mass is 313 g/mol. The lowest BCUT2D eigenvalue weighted by Gasteiger charge is -2.21. The molecule has 1 amide bonds. The Labute approximate surface area is 135 Å². The van der Waals surface area contributed by atoms with E-state index in [1.807, 2.05) is 18.2 Å². The average molecular weight is 313 g/mol. The first-order valence-electron chi connectivity index (χ1n) is 7.51. The van der Waals surface area contributed by atoms with Crippen LogP contribution in [0.3, 0.4) is 0 Å². The number of anilines is 1. The number of ether oxygens (including phenoxy) is 3. The van der Waals surface area contributed by atoms with Gasteiger partial charge < -0.3 is 19.5 Å². The van der Waals surface area contributed by atoms with Gasteiger partial charge in [-0.15, -0.1) is 0 Å². The normalized spacial score (nSPS) is 12.8. The number of carbonyl (C=O) groups excluding carboxylic acids is 1. The van der Waals surface area contributed by atoms with Crippen molar-refractivity contribution in [3.05, 3.63) is 47.5 Å². The number of fused-ring (bicyclic) bond motifs is 1. The Morgan fingerprint density at radius 2 is 1.78 bits per heavy atom.